The molecule has 0 amide bonds. The van der Waals surface area contributed by atoms with Gasteiger partial charge in [-0.05, 0) is 12.5 Å². The Balaban J connectivity index is 2.65. The van der Waals surface area contributed by atoms with E-state index < -0.39 is 0 Å². The number of aryl methyl sites for hydroxylation is 1. The number of carbonyl (C=O) groups is 1. The van der Waals surface area contributed by atoms with Crippen molar-refractivity contribution in [1.82, 2.24) is 9.78 Å². The molecule has 0 radical (unpaired) electrons. The fourth-order valence-electron chi connectivity index (χ4n) is 1.12. The van der Waals surface area contributed by atoms with Crippen LogP contribution < -0.4 is 0 Å². The molecule has 0 fully saturated rings. The summed E-state index contributed by atoms with van der Waals surface area (Å²) in [5.41, 5.74) is 0.751. The number of aromatic nitrogens is 2. The lowest BCUT2D eigenvalue weighted by molar-refractivity contribution is -0.125. The number of rotatable bonds is 3. The van der Waals surface area contributed by atoms with Crippen molar-refractivity contribution in [2.75, 3.05) is 0 Å². The molecule has 0 spiro atoms. The summed E-state index contributed by atoms with van der Waals surface area (Å²) in [5, 5.41) is 4.13. The van der Waals surface area contributed by atoms with Gasteiger partial charge in [0, 0.05) is 24.6 Å². The molecule has 0 aliphatic carbocycles. The first-order valence-electron chi connectivity index (χ1n) is 4.98. The van der Waals surface area contributed by atoms with Crippen molar-refractivity contribution >= 4 is 5.78 Å². The second kappa shape index (κ2) is 3.95. The van der Waals surface area contributed by atoms with Gasteiger partial charge in [0.15, 0.2) is 0 Å². The number of hydrogen-bond donors (Lipinski definition) is 0. The molecule has 1 aromatic rings. The van der Waals surface area contributed by atoms with Gasteiger partial charge in [-0.15, -0.1) is 0 Å². The molecule has 0 saturated heterocycles. The first-order valence-corrected chi connectivity index (χ1v) is 4.98. The van der Waals surface area contributed by atoms with Gasteiger partial charge < -0.3 is 0 Å². The molecule has 3 nitrogen and oxygen atoms in total. The molecule has 0 aromatic carbocycles. The number of carbonyl (C=O) groups excluding carboxylic acids is 1. The van der Waals surface area contributed by atoms with Crippen LogP contribution in [0, 0.1) is 5.41 Å². The molecule has 1 aromatic heterocycles. The molecule has 78 valence electrons. The van der Waals surface area contributed by atoms with Crippen LogP contribution in [0.25, 0.3) is 0 Å². The minimum atomic E-state index is -0.256. The summed E-state index contributed by atoms with van der Waals surface area (Å²) < 4.78 is 1.84. The third-order valence-electron chi connectivity index (χ3n) is 2.21. The van der Waals surface area contributed by atoms with Crippen LogP contribution in [0.2, 0.25) is 0 Å². The topological polar surface area (TPSA) is 34.9 Å². The Kier molecular flexibility index (Phi) is 3.09. The molecule has 1 heterocycles. The summed E-state index contributed by atoms with van der Waals surface area (Å²) in [6, 6.07) is 0. The van der Waals surface area contributed by atoms with E-state index in [0.29, 0.717) is 6.42 Å². The third kappa shape index (κ3) is 2.69. The Morgan fingerprint density at radius 1 is 1.50 bits per heavy atom. The SMILES string of the molecule is CCn1cc(CC(=O)C(C)(C)C)cn1. The van der Waals surface area contributed by atoms with Gasteiger partial charge in [-0.25, -0.2) is 0 Å². The van der Waals surface area contributed by atoms with E-state index >= 15 is 0 Å². The van der Waals surface area contributed by atoms with Crippen LogP contribution in [0.4, 0.5) is 0 Å². The Labute approximate surface area is 85.1 Å². The van der Waals surface area contributed by atoms with Crippen LogP contribution >= 0.6 is 0 Å². The molecular weight excluding hydrogens is 176 g/mol. The molecule has 0 atom stereocenters. The molecule has 3 heteroatoms. The van der Waals surface area contributed by atoms with Gasteiger partial charge in [0.25, 0.3) is 0 Å². The van der Waals surface area contributed by atoms with Crippen LogP contribution in [0.1, 0.15) is 33.3 Å². The van der Waals surface area contributed by atoms with Crippen molar-refractivity contribution in [2.45, 2.75) is 40.7 Å². The zero-order chi connectivity index (χ0) is 10.8. The van der Waals surface area contributed by atoms with E-state index in [1.54, 1.807) is 6.20 Å². The summed E-state index contributed by atoms with van der Waals surface area (Å²) in [4.78, 5) is 11.7. The van der Waals surface area contributed by atoms with E-state index in [0.717, 1.165) is 12.1 Å². The van der Waals surface area contributed by atoms with Crippen molar-refractivity contribution < 1.29 is 4.79 Å². The molecule has 0 N–H and O–H groups in total. The monoisotopic (exact) mass is 194 g/mol. The smallest absolute Gasteiger partial charge is 0.142 e. The predicted molar refractivity (Wildman–Crippen MR) is 56.1 cm³/mol. The van der Waals surface area contributed by atoms with Gasteiger partial charge in [0.1, 0.15) is 5.78 Å². The molecule has 0 unspecified atom stereocenters. The summed E-state index contributed by atoms with van der Waals surface area (Å²) in [7, 11) is 0. The zero-order valence-corrected chi connectivity index (χ0v) is 9.37. The maximum Gasteiger partial charge on any atom is 0.142 e. The average Bonchev–Trinajstić information content (AvgIpc) is 2.50. The Bertz CT molecular complexity index is 320. The van der Waals surface area contributed by atoms with Gasteiger partial charge >= 0.3 is 0 Å². The highest BCUT2D eigenvalue weighted by Gasteiger charge is 2.21. The van der Waals surface area contributed by atoms with E-state index in [4.69, 9.17) is 0 Å². The van der Waals surface area contributed by atoms with Crippen LogP contribution in [0.3, 0.4) is 0 Å². The number of hydrogen-bond acceptors (Lipinski definition) is 2. The van der Waals surface area contributed by atoms with Gasteiger partial charge in [-0.1, -0.05) is 20.8 Å². The van der Waals surface area contributed by atoms with E-state index in [9.17, 15) is 4.79 Å². The molecule has 0 aliphatic heterocycles. The number of nitrogens with zero attached hydrogens (tertiary/aromatic N) is 2. The van der Waals surface area contributed by atoms with Crippen LogP contribution in [-0.4, -0.2) is 15.6 Å². The normalized spacial score (nSPS) is 11.7. The first-order chi connectivity index (χ1) is 6.43. The number of ketones is 1. The molecule has 14 heavy (non-hydrogen) atoms. The minimum absolute atomic E-state index is 0.256. The van der Waals surface area contributed by atoms with Crippen molar-refractivity contribution in [2.24, 2.45) is 5.41 Å². The summed E-state index contributed by atoms with van der Waals surface area (Å²) in [6.07, 6.45) is 4.19. The van der Waals surface area contributed by atoms with Gasteiger partial charge in [0.2, 0.25) is 0 Å². The lowest BCUT2D eigenvalue weighted by atomic mass is 9.88. The van der Waals surface area contributed by atoms with E-state index in [2.05, 4.69) is 5.10 Å². The zero-order valence-electron chi connectivity index (χ0n) is 9.37. The average molecular weight is 194 g/mol. The van der Waals surface area contributed by atoms with Crippen molar-refractivity contribution in [1.29, 1.82) is 0 Å². The summed E-state index contributed by atoms with van der Waals surface area (Å²) >= 11 is 0. The minimum Gasteiger partial charge on any atom is -0.299 e. The first kappa shape index (κ1) is 11.0. The fourth-order valence-corrected chi connectivity index (χ4v) is 1.12. The maximum atomic E-state index is 11.7. The quantitative estimate of drug-likeness (QED) is 0.738. The van der Waals surface area contributed by atoms with Crippen molar-refractivity contribution in [3.63, 3.8) is 0 Å². The third-order valence-corrected chi connectivity index (χ3v) is 2.21. The lowest BCUT2D eigenvalue weighted by Crippen LogP contribution is -2.21. The van der Waals surface area contributed by atoms with Crippen molar-refractivity contribution in [3.05, 3.63) is 18.0 Å². The van der Waals surface area contributed by atoms with Gasteiger partial charge in [-0.2, -0.15) is 5.10 Å². The maximum absolute atomic E-state index is 11.7. The van der Waals surface area contributed by atoms with Crippen molar-refractivity contribution in [3.8, 4) is 0 Å². The van der Waals surface area contributed by atoms with E-state index in [1.807, 2.05) is 38.6 Å². The Hall–Kier alpha value is -1.12. The number of Topliss-reactive ketones (excluding diaryl/α,β-unsaturated/α-hetero) is 1. The Morgan fingerprint density at radius 3 is 2.57 bits per heavy atom. The second-order valence-corrected chi connectivity index (χ2v) is 4.55. The molecule has 1 rings (SSSR count). The predicted octanol–water partition coefficient (Wildman–Crippen LogP) is 2.06. The largest absolute Gasteiger partial charge is 0.299 e. The molecule has 0 saturated carbocycles. The summed E-state index contributed by atoms with van der Waals surface area (Å²) in [5.74, 6) is 0.258. The van der Waals surface area contributed by atoms with Crippen LogP contribution in [-0.2, 0) is 17.8 Å². The fraction of sp³-hybridized carbons (Fsp3) is 0.636. The Morgan fingerprint density at radius 2 is 2.14 bits per heavy atom. The molecule has 0 bridgehead atoms. The molecular formula is C11H18N2O. The second-order valence-electron chi connectivity index (χ2n) is 4.55. The van der Waals surface area contributed by atoms with E-state index in [-0.39, 0.29) is 11.2 Å². The highest BCUT2D eigenvalue weighted by atomic mass is 16.1. The van der Waals surface area contributed by atoms with E-state index in [1.165, 1.54) is 0 Å². The highest BCUT2D eigenvalue weighted by molar-refractivity contribution is 5.85. The van der Waals surface area contributed by atoms with Gasteiger partial charge in [-0.3, -0.25) is 9.48 Å². The lowest BCUT2D eigenvalue weighted by Gasteiger charge is -2.15. The van der Waals surface area contributed by atoms with Crippen LogP contribution in [0.15, 0.2) is 12.4 Å². The standard InChI is InChI=1S/C11H18N2O/c1-5-13-8-9(7-12-13)6-10(14)11(2,3)4/h7-8H,5-6H2,1-4H3. The summed E-state index contributed by atoms with van der Waals surface area (Å²) in [6.45, 7) is 8.71. The highest BCUT2D eigenvalue weighted by Crippen LogP contribution is 2.17. The van der Waals surface area contributed by atoms with Gasteiger partial charge in [0.05, 0.1) is 6.20 Å². The van der Waals surface area contributed by atoms with Crippen LogP contribution in [0.5, 0.6) is 0 Å². The molecule has 0 aliphatic rings.